The van der Waals surface area contributed by atoms with E-state index < -0.39 is 0 Å². The summed E-state index contributed by atoms with van der Waals surface area (Å²) in [5, 5.41) is 3.67. The van der Waals surface area contributed by atoms with E-state index in [4.69, 9.17) is 10.7 Å². The van der Waals surface area contributed by atoms with Gasteiger partial charge in [-0.1, -0.05) is 0 Å². The lowest BCUT2D eigenvalue weighted by molar-refractivity contribution is 0.188. The molecule has 21 heavy (non-hydrogen) atoms. The summed E-state index contributed by atoms with van der Waals surface area (Å²) >= 11 is 0. The van der Waals surface area contributed by atoms with E-state index in [1.54, 1.807) is 0 Å². The molecule has 4 rings (SSSR count). The molecule has 3 N–H and O–H groups in total. The van der Waals surface area contributed by atoms with E-state index in [2.05, 4.69) is 15.2 Å². The van der Waals surface area contributed by atoms with E-state index in [1.165, 1.54) is 51.6 Å². The lowest BCUT2D eigenvalue weighted by Crippen LogP contribution is -2.43. The van der Waals surface area contributed by atoms with Gasteiger partial charge in [0.05, 0.1) is 0 Å². The van der Waals surface area contributed by atoms with Crippen molar-refractivity contribution in [3.8, 4) is 0 Å². The van der Waals surface area contributed by atoms with Gasteiger partial charge in [-0.15, -0.1) is 0 Å². The summed E-state index contributed by atoms with van der Waals surface area (Å²) in [6.07, 6.45) is 7.59. The number of fused-ring (bicyclic) bond motifs is 1. The lowest BCUT2D eigenvalue weighted by Gasteiger charge is -2.35. The van der Waals surface area contributed by atoms with Gasteiger partial charge < -0.3 is 16.0 Å². The molecule has 3 fully saturated rings. The van der Waals surface area contributed by atoms with E-state index in [0.717, 1.165) is 23.2 Å². The maximum absolute atomic E-state index is 6.08. The number of anilines is 2. The highest BCUT2D eigenvalue weighted by molar-refractivity contribution is 5.55. The molecule has 0 radical (unpaired) electrons. The first kappa shape index (κ1) is 13.3. The van der Waals surface area contributed by atoms with E-state index in [1.807, 2.05) is 6.92 Å². The van der Waals surface area contributed by atoms with Crippen molar-refractivity contribution in [3.05, 3.63) is 11.4 Å². The topological polar surface area (TPSA) is 67.1 Å². The molecular formula is C16H25N5. The molecule has 1 saturated carbocycles. The van der Waals surface area contributed by atoms with Crippen molar-refractivity contribution in [2.45, 2.75) is 63.5 Å². The molecule has 0 amide bonds. The number of piperidine rings is 1. The molecule has 0 bridgehead atoms. The first-order valence-corrected chi connectivity index (χ1v) is 8.35. The molecule has 3 heterocycles. The third-order valence-corrected chi connectivity index (χ3v) is 5.30. The van der Waals surface area contributed by atoms with Gasteiger partial charge >= 0.3 is 0 Å². The van der Waals surface area contributed by atoms with Crippen molar-refractivity contribution < 1.29 is 0 Å². The molecule has 5 nitrogen and oxygen atoms in total. The van der Waals surface area contributed by atoms with Gasteiger partial charge in [0.25, 0.3) is 0 Å². The highest BCUT2D eigenvalue weighted by atomic mass is 15.2. The molecule has 0 aromatic carbocycles. The number of nitrogens with one attached hydrogen (secondary N) is 1. The standard InChI is InChI=1S/C16H25N5/c1-10-14(17)19-16(11-4-5-11)20-15(10)18-12-6-8-21-7-2-3-13(21)9-12/h11-13H,2-9H2,1H3,(H3,17,18,19,20). The quantitative estimate of drug-likeness (QED) is 0.893. The molecule has 0 spiro atoms. The van der Waals surface area contributed by atoms with Gasteiger partial charge in [0.1, 0.15) is 17.5 Å². The Morgan fingerprint density at radius 1 is 1.14 bits per heavy atom. The van der Waals surface area contributed by atoms with Crippen LogP contribution in [0.3, 0.4) is 0 Å². The van der Waals surface area contributed by atoms with Gasteiger partial charge in [-0.2, -0.15) is 0 Å². The third kappa shape index (κ3) is 2.59. The van der Waals surface area contributed by atoms with Crippen LogP contribution in [0.25, 0.3) is 0 Å². The Balaban J connectivity index is 1.51. The van der Waals surface area contributed by atoms with E-state index >= 15 is 0 Å². The van der Waals surface area contributed by atoms with Gasteiger partial charge in [0.2, 0.25) is 0 Å². The largest absolute Gasteiger partial charge is 0.383 e. The molecule has 2 unspecified atom stereocenters. The lowest BCUT2D eigenvalue weighted by atomic mass is 9.97. The maximum Gasteiger partial charge on any atom is 0.136 e. The van der Waals surface area contributed by atoms with E-state index in [-0.39, 0.29) is 0 Å². The number of nitrogen functional groups attached to an aromatic ring is 1. The van der Waals surface area contributed by atoms with Gasteiger partial charge in [0, 0.05) is 30.1 Å². The monoisotopic (exact) mass is 287 g/mol. The Labute approximate surface area is 126 Å². The van der Waals surface area contributed by atoms with Crippen molar-refractivity contribution in [1.82, 2.24) is 14.9 Å². The Morgan fingerprint density at radius 2 is 2.00 bits per heavy atom. The average molecular weight is 287 g/mol. The van der Waals surface area contributed by atoms with Crippen LogP contribution < -0.4 is 11.1 Å². The fraction of sp³-hybridized carbons (Fsp3) is 0.750. The van der Waals surface area contributed by atoms with Crippen LogP contribution in [0.2, 0.25) is 0 Å². The summed E-state index contributed by atoms with van der Waals surface area (Å²) in [6, 6.07) is 1.31. The summed E-state index contributed by atoms with van der Waals surface area (Å²) in [5.74, 6) is 3.11. The van der Waals surface area contributed by atoms with Crippen LogP contribution >= 0.6 is 0 Å². The molecule has 2 aliphatic heterocycles. The Kier molecular flexibility index (Phi) is 3.25. The second-order valence-corrected chi connectivity index (χ2v) is 6.91. The minimum Gasteiger partial charge on any atom is -0.383 e. The predicted molar refractivity (Wildman–Crippen MR) is 84.4 cm³/mol. The maximum atomic E-state index is 6.08. The second-order valence-electron chi connectivity index (χ2n) is 6.91. The highest BCUT2D eigenvalue weighted by Gasteiger charge is 2.32. The van der Waals surface area contributed by atoms with E-state index in [9.17, 15) is 0 Å². The van der Waals surface area contributed by atoms with Crippen LogP contribution in [0.4, 0.5) is 11.6 Å². The number of hydrogen-bond acceptors (Lipinski definition) is 5. The molecule has 1 aliphatic carbocycles. The molecule has 2 atom stereocenters. The Hall–Kier alpha value is -1.36. The summed E-state index contributed by atoms with van der Waals surface area (Å²) < 4.78 is 0. The summed E-state index contributed by atoms with van der Waals surface area (Å²) in [4.78, 5) is 11.9. The zero-order valence-corrected chi connectivity index (χ0v) is 12.8. The molecular weight excluding hydrogens is 262 g/mol. The van der Waals surface area contributed by atoms with E-state index in [0.29, 0.717) is 17.8 Å². The van der Waals surface area contributed by atoms with Gasteiger partial charge in [-0.3, -0.25) is 0 Å². The molecule has 114 valence electrons. The van der Waals surface area contributed by atoms with Crippen LogP contribution in [0.15, 0.2) is 0 Å². The summed E-state index contributed by atoms with van der Waals surface area (Å²) in [7, 11) is 0. The number of aromatic nitrogens is 2. The van der Waals surface area contributed by atoms with Crippen LogP contribution in [-0.2, 0) is 0 Å². The first-order chi connectivity index (χ1) is 10.2. The number of nitrogens with two attached hydrogens (primary N) is 1. The fourth-order valence-corrected chi connectivity index (χ4v) is 3.77. The van der Waals surface area contributed by atoms with Crippen molar-refractivity contribution in [2.75, 3.05) is 24.1 Å². The van der Waals surface area contributed by atoms with Crippen LogP contribution in [0.1, 0.15) is 55.8 Å². The summed E-state index contributed by atoms with van der Waals surface area (Å²) in [6.45, 7) is 4.54. The minimum atomic E-state index is 0.532. The highest BCUT2D eigenvalue weighted by Crippen LogP contribution is 2.39. The smallest absolute Gasteiger partial charge is 0.136 e. The summed E-state index contributed by atoms with van der Waals surface area (Å²) in [5.41, 5.74) is 7.09. The molecule has 1 aromatic rings. The molecule has 1 aromatic heterocycles. The van der Waals surface area contributed by atoms with Crippen molar-refractivity contribution in [3.63, 3.8) is 0 Å². The van der Waals surface area contributed by atoms with Crippen molar-refractivity contribution in [1.29, 1.82) is 0 Å². The van der Waals surface area contributed by atoms with Crippen molar-refractivity contribution >= 4 is 11.6 Å². The van der Waals surface area contributed by atoms with Gasteiger partial charge in [-0.25, -0.2) is 9.97 Å². The normalized spacial score (nSPS) is 29.4. The Morgan fingerprint density at radius 3 is 2.81 bits per heavy atom. The number of hydrogen-bond donors (Lipinski definition) is 2. The van der Waals surface area contributed by atoms with Crippen molar-refractivity contribution in [2.24, 2.45) is 0 Å². The molecule has 5 heteroatoms. The fourth-order valence-electron chi connectivity index (χ4n) is 3.77. The van der Waals surface area contributed by atoms with Crippen LogP contribution in [0, 0.1) is 6.92 Å². The Bertz CT molecular complexity index is 540. The zero-order valence-electron chi connectivity index (χ0n) is 12.8. The average Bonchev–Trinajstić information content (AvgIpc) is 3.22. The molecule has 3 aliphatic rings. The zero-order chi connectivity index (χ0) is 14.4. The van der Waals surface area contributed by atoms with Gasteiger partial charge in [-0.05, 0) is 52.0 Å². The van der Waals surface area contributed by atoms with Crippen LogP contribution in [-0.4, -0.2) is 40.0 Å². The minimum absolute atomic E-state index is 0.532. The SMILES string of the molecule is Cc1c(N)nc(C2CC2)nc1NC1CCN2CCCC2C1. The predicted octanol–water partition coefficient (Wildman–Crippen LogP) is 2.28. The third-order valence-electron chi connectivity index (χ3n) is 5.30. The van der Waals surface area contributed by atoms with Gasteiger partial charge in [0.15, 0.2) is 0 Å². The first-order valence-electron chi connectivity index (χ1n) is 8.35. The van der Waals surface area contributed by atoms with Crippen LogP contribution in [0.5, 0.6) is 0 Å². The number of rotatable bonds is 3. The molecule has 2 saturated heterocycles. The number of nitrogens with zero attached hydrogens (tertiary/aromatic N) is 3. The second kappa shape index (κ2) is 5.13.